The van der Waals surface area contributed by atoms with E-state index in [0.717, 1.165) is 10.0 Å². The van der Waals surface area contributed by atoms with Gasteiger partial charge in [0.25, 0.3) is 10.0 Å². The molecule has 0 aliphatic rings. The maximum atomic E-state index is 12.9. The summed E-state index contributed by atoms with van der Waals surface area (Å²) in [5, 5.41) is 0. The van der Waals surface area contributed by atoms with E-state index < -0.39 is 10.0 Å². The van der Waals surface area contributed by atoms with Gasteiger partial charge in [-0.1, -0.05) is 34.1 Å². The number of benzene rings is 2. The minimum atomic E-state index is -3.62. The summed E-state index contributed by atoms with van der Waals surface area (Å²) in [5.74, 6) is 0. The Morgan fingerprint density at radius 1 is 1.05 bits per heavy atom. The van der Waals surface area contributed by atoms with Crippen molar-refractivity contribution in [3.8, 4) is 0 Å². The van der Waals surface area contributed by atoms with Gasteiger partial charge >= 0.3 is 0 Å². The van der Waals surface area contributed by atoms with Crippen molar-refractivity contribution in [2.45, 2.75) is 18.7 Å². The van der Waals surface area contributed by atoms with Crippen molar-refractivity contribution in [2.75, 3.05) is 10.8 Å². The second kappa shape index (κ2) is 6.50. The number of sulfonamides is 1. The van der Waals surface area contributed by atoms with Crippen molar-refractivity contribution in [1.82, 2.24) is 0 Å². The molecule has 0 bridgehead atoms. The van der Waals surface area contributed by atoms with Gasteiger partial charge in [-0.05, 0) is 59.6 Å². The predicted molar refractivity (Wildman–Crippen MR) is 93.2 cm³/mol. The molecule has 0 unspecified atom stereocenters. The first-order chi connectivity index (χ1) is 9.87. The van der Waals surface area contributed by atoms with E-state index in [1.807, 2.05) is 32.0 Å². The molecule has 2 aromatic carbocycles. The predicted octanol–water partition coefficient (Wildman–Crippen LogP) is 4.74. The smallest absolute Gasteiger partial charge is 0.265 e. The Balaban J connectivity index is 2.58. The van der Waals surface area contributed by atoms with Crippen LogP contribution in [0.4, 0.5) is 5.69 Å². The van der Waals surface area contributed by atoms with Crippen molar-refractivity contribution in [3.05, 3.63) is 57.0 Å². The summed E-state index contributed by atoms with van der Waals surface area (Å²) in [5.41, 5.74) is 1.63. The molecule has 6 heteroatoms. The lowest BCUT2D eigenvalue weighted by molar-refractivity contribution is 0.591. The average molecular weight is 433 g/mol. The number of aryl methyl sites for hydroxylation is 1. The lowest BCUT2D eigenvalue weighted by Crippen LogP contribution is -2.31. The second-order valence-corrected chi connectivity index (χ2v) is 8.08. The molecule has 0 spiro atoms. The molecular weight excluding hydrogens is 418 g/mol. The Bertz CT molecular complexity index is 746. The van der Waals surface area contributed by atoms with E-state index in [1.165, 1.54) is 4.31 Å². The van der Waals surface area contributed by atoms with Crippen LogP contribution in [0.3, 0.4) is 0 Å². The maximum absolute atomic E-state index is 12.9. The van der Waals surface area contributed by atoms with Gasteiger partial charge in [-0.2, -0.15) is 0 Å². The average Bonchev–Trinajstić information content (AvgIpc) is 2.44. The Morgan fingerprint density at radius 3 is 2.24 bits per heavy atom. The van der Waals surface area contributed by atoms with Gasteiger partial charge in [-0.25, -0.2) is 8.42 Å². The molecule has 0 aliphatic heterocycles. The Kier molecular flexibility index (Phi) is 5.11. The molecule has 0 saturated heterocycles. The molecule has 2 aromatic rings. The SMILES string of the molecule is CCN(c1ccccc1)S(=O)(=O)c1cc(Br)c(C)cc1Br. The number of nitrogens with zero attached hydrogens (tertiary/aromatic N) is 1. The van der Waals surface area contributed by atoms with Crippen molar-refractivity contribution in [3.63, 3.8) is 0 Å². The van der Waals surface area contributed by atoms with E-state index in [0.29, 0.717) is 16.7 Å². The van der Waals surface area contributed by atoms with Gasteiger partial charge in [0.05, 0.1) is 5.69 Å². The summed E-state index contributed by atoms with van der Waals surface area (Å²) < 4.78 is 28.6. The Hall–Kier alpha value is -0.850. The van der Waals surface area contributed by atoms with Crippen LogP contribution in [-0.4, -0.2) is 15.0 Å². The molecule has 0 amide bonds. The maximum Gasteiger partial charge on any atom is 0.265 e. The zero-order valence-corrected chi connectivity index (χ0v) is 15.7. The van der Waals surface area contributed by atoms with Gasteiger partial charge < -0.3 is 0 Å². The third-order valence-electron chi connectivity index (χ3n) is 3.11. The highest BCUT2D eigenvalue weighted by Gasteiger charge is 2.26. The van der Waals surface area contributed by atoms with Crippen LogP contribution in [-0.2, 0) is 10.0 Å². The van der Waals surface area contributed by atoms with Crippen molar-refractivity contribution in [1.29, 1.82) is 0 Å². The third kappa shape index (κ3) is 3.33. The number of anilines is 1. The van der Waals surface area contributed by atoms with Crippen LogP contribution in [0.15, 0.2) is 56.3 Å². The van der Waals surface area contributed by atoms with Crippen LogP contribution >= 0.6 is 31.9 Å². The minimum absolute atomic E-state index is 0.255. The number of hydrogen-bond acceptors (Lipinski definition) is 2. The first-order valence-electron chi connectivity index (χ1n) is 6.41. The molecule has 112 valence electrons. The van der Waals surface area contributed by atoms with E-state index in [2.05, 4.69) is 31.9 Å². The van der Waals surface area contributed by atoms with E-state index in [4.69, 9.17) is 0 Å². The minimum Gasteiger partial charge on any atom is -0.267 e. The number of hydrogen-bond donors (Lipinski definition) is 0. The fourth-order valence-electron chi connectivity index (χ4n) is 2.03. The van der Waals surface area contributed by atoms with Crippen LogP contribution in [0.1, 0.15) is 12.5 Å². The van der Waals surface area contributed by atoms with Gasteiger partial charge in [0, 0.05) is 15.5 Å². The first-order valence-corrected chi connectivity index (χ1v) is 9.44. The molecular formula is C15H15Br2NO2S. The number of halogens is 2. The summed E-state index contributed by atoms with van der Waals surface area (Å²) in [6.45, 7) is 4.10. The molecule has 0 radical (unpaired) electrons. The zero-order chi connectivity index (χ0) is 15.6. The summed E-state index contributed by atoms with van der Waals surface area (Å²) in [6.07, 6.45) is 0. The fourth-order valence-corrected chi connectivity index (χ4v) is 5.15. The van der Waals surface area contributed by atoms with Crippen molar-refractivity contribution < 1.29 is 8.42 Å². The largest absolute Gasteiger partial charge is 0.267 e. The molecule has 3 nitrogen and oxygen atoms in total. The highest BCUT2D eigenvalue weighted by Crippen LogP contribution is 2.32. The number of para-hydroxylation sites is 1. The van der Waals surface area contributed by atoms with Gasteiger partial charge in [-0.15, -0.1) is 0 Å². The molecule has 21 heavy (non-hydrogen) atoms. The molecule has 0 aliphatic carbocycles. The highest BCUT2D eigenvalue weighted by molar-refractivity contribution is 9.11. The van der Waals surface area contributed by atoms with Crippen molar-refractivity contribution >= 4 is 47.6 Å². The van der Waals surface area contributed by atoms with E-state index in [-0.39, 0.29) is 4.90 Å². The Labute approximate surface area is 142 Å². The van der Waals surface area contributed by atoms with Crippen LogP contribution in [0, 0.1) is 6.92 Å². The molecule has 0 atom stereocenters. The van der Waals surface area contributed by atoms with Crippen LogP contribution in [0.25, 0.3) is 0 Å². The number of rotatable bonds is 4. The van der Waals surface area contributed by atoms with Gasteiger partial charge in [0.15, 0.2) is 0 Å². The summed E-state index contributed by atoms with van der Waals surface area (Å²) >= 11 is 6.76. The quantitative estimate of drug-likeness (QED) is 0.699. The standard InChI is InChI=1S/C15H15Br2NO2S/c1-3-18(12-7-5-4-6-8-12)21(19,20)15-10-13(16)11(2)9-14(15)17/h4-10H,3H2,1-2H3. The lowest BCUT2D eigenvalue weighted by Gasteiger charge is -2.23. The summed E-state index contributed by atoms with van der Waals surface area (Å²) in [7, 11) is -3.62. The lowest BCUT2D eigenvalue weighted by atomic mass is 10.2. The van der Waals surface area contributed by atoms with E-state index in [9.17, 15) is 8.42 Å². The third-order valence-corrected chi connectivity index (χ3v) is 6.83. The van der Waals surface area contributed by atoms with E-state index >= 15 is 0 Å². The topological polar surface area (TPSA) is 37.4 Å². The van der Waals surface area contributed by atoms with Crippen LogP contribution < -0.4 is 4.31 Å². The molecule has 0 aromatic heterocycles. The zero-order valence-electron chi connectivity index (χ0n) is 11.7. The first kappa shape index (κ1) is 16.5. The van der Waals surface area contributed by atoms with Crippen molar-refractivity contribution in [2.24, 2.45) is 0 Å². The molecule has 0 fully saturated rings. The molecule has 0 heterocycles. The van der Waals surface area contributed by atoms with Gasteiger partial charge in [-0.3, -0.25) is 4.31 Å². The van der Waals surface area contributed by atoms with Crippen LogP contribution in [0.5, 0.6) is 0 Å². The van der Waals surface area contributed by atoms with Gasteiger partial charge in [0.2, 0.25) is 0 Å². The Morgan fingerprint density at radius 2 is 1.67 bits per heavy atom. The normalized spacial score (nSPS) is 11.4. The molecule has 0 N–H and O–H groups in total. The summed E-state index contributed by atoms with van der Waals surface area (Å²) in [4.78, 5) is 0.255. The highest BCUT2D eigenvalue weighted by atomic mass is 79.9. The monoisotopic (exact) mass is 431 g/mol. The second-order valence-electron chi connectivity index (χ2n) is 4.54. The van der Waals surface area contributed by atoms with E-state index in [1.54, 1.807) is 24.3 Å². The van der Waals surface area contributed by atoms with Gasteiger partial charge in [0.1, 0.15) is 4.90 Å². The molecule has 0 saturated carbocycles. The molecule has 2 rings (SSSR count). The fraction of sp³-hybridized carbons (Fsp3) is 0.200. The van der Waals surface area contributed by atoms with Crippen LogP contribution in [0.2, 0.25) is 0 Å². The summed E-state index contributed by atoms with van der Waals surface area (Å²) in [6, 6.07) is 12.5.